The smallest absolute Gasteiger partial charge is 0.303 e. The molecule has 0 spiro atoms. The van der Waals surface area contributed by atoms with Crippen molar-refractivity contribution < 1.29 is 57.2 Å². The molecule has 0 aromatic rings. The van der Waals surface area contributed by atoms with Gasteiger partial charge in [0.05, 0.1) is 6.61 Å². The van der Waals surface area contributed by atoms with Gasteiger partial charge in [-0.05, 0) is 6.42 Å². The topological polar surface area (TPSA) is 158 Å². The van der Waals surface area contributed by atoms with E-state index in [-0.39, 0.29) is 13.0 Å². The van der Waals surface area contributed by atoms with Gasteiger partial charge < -0.3 is 28.4 Å². The second-order valence-corrected chi connectivity index (χ2v) is 7.32. The number of carbonyl (C=O) groups excluding carboxylic acids is 6. The Balaban J connectivity index is 3.69. The van der Waals surface area contributed by atoms with E-state index in [1.54, 1.807) is 0 Å². The minimum atomic E-state index is -1.92. The minimum absolute atomic E-state index is 0.142. The molecule has 1 saturated carbocycles. The Hall–Kier alpha value is -3.18. The molecule has 1 fully saturated rings. The van der Waals surface area contributed by atoms with E-state index in [9.17, 15) is 28.8 Å². The number of hydrogen-bond donors (Lipinski definition) is 0. The summed E-state index contributed by atoms with van der Waals surface area (Å²) in [6, 6.07) is 0. The highest BCUT2D eigenvalue weighted by Crippen LogP contribution is 2.42. The third-order valence-corrected chi connectivity index (χ3v) is 4.59. The molecule has 5 atom stereocenters. The molecular weight excluding hydrogens is 432 g/mol. The Morgan fingerprint density at radius 1 is 0.688 bits per heavy atom. The largest absolute Gasteiger partial charge is 0.465 e. The summed E-state index contributed by atoms with van der Waals surface area (Å²) in [7, 11) is 0. The Morgan fingerprint density at radius 3 is 1.66 bits per heavy atom. The quantitative estimate of drug-likeness (QED) is 0.359. The van der Waals surface area contributed by atoms with Gasteiger partial charge in [0.1, 0.15) is 12.7 Å². The van der Waals surface area contributed by atoms with Crippen molar-refractivity contribution in [3.05, 3.63) is 0 Å². The molecule has 0 unspecified atom stereocenters. The van der Waals surface area contributed by atoms with Crippen LogP contribution in [0.5, 0.6) is 0 Å². The average molecular weight is 460 g/mol. The first-order valence-electron chi connectivity index (χ1n) is 9.76. The van der Waals surface area contributed by atoms with Gasteiger partial charge in [-0.3, -0.25) is 28.8 Å². The first-order chi connectivity index (χ1) is 14.8. The van der Waals surface area contributed by atoms with E-state index in [0.717, 1.165) is 41.5 Å². The standard InChI is InChI=1S/C20H28O12/c1-10(21)27-8-16-7-17(29-12(3)23)18(30-13(4)24)19(31-14(5)25)20(16,32-15(6)26)9-28-11(2)22/h16-19H,7-9H2,1-6H3/t16-,17-,18+,19+,20+/m0/s1. The van der Waals surface area contributed by atoms with Gasteiger partial charge in [0.15, 0.2) is 17.8 Å². The van der Waals surface area contributed by atoms with Crippen molar-refractivity contribution in [2.75, 3.05) is 13.2 Å². The van der Waals surface area contributed by atoms with Crippen molar-refractivity contribution >= 4 is 35.8 Å². The molecule has 0 bridgehead atoms. The van der Waals surface area contributed by atoms with E-state index in [0.29, 0.717) is 0 Å². The fourth-order valence-electron chi connectivity index (χ4n) is 3.60. The maximum absolute atomic E-state index is 12.1. The second kappa shape index (κ2) is 11.4. The number of rotatable bonds is 8. The van der Waals surface area contributed by atoms with Crippen LogP contribution in [0.15, 0.2) is 0 Å². The number of carbonyl (C=O) groups is 6. The van der Waals surface area contributed by atoms with E-state index in [4.69, 9.17) is 28.4 Å². The van der Waals surface area contributed by atoms with Crippen molar-refractivity contribution in [2.24, 2.45) is 5.92 Å². The van der Waals surface area contributed by atoms with Crippen molar-refractivity contribution in [1.29, 1.82) is 0 Å². The van der Waals surface area contributed by atoms with Crippen LogP contribution in [-0.4, -0.2) is 72.9 Å². The lowest BCUT2D eigenvalue weighted by atomic mass is 9.70. The molecule has 0 N–H and O–H groups in total. The van der Waals surface area contributed by atoms with Crippen LogP contribution >= 0.6 is 0 Å². The summed E-state index contributed by atoms with van der Waals surface area (Å²) >= 11 is 0. The highest BCUT2D eigenvalue weighted by atomic mass is 16.6. The van der Waals surface area contributed by atoms with E-state index < -0.39 is 72.3 Å². The summed E-state index contributed by atoms with van der Waals surface area (Å²) in [5.74, 6) is -5.59. The molecule has 0 aromatic carbocycles. The Morgan fingerprint density at radius 2 is 1.22 bits per heavy atom. The molecule has 32 heavy (non-hydrogen) atoms. The van der Waals surface area contributed by atoms with Crippen LogP contribution in [0.1, 0.15) is 48.0 Å². The molecule has 12 nitrogen and oxygen atoms in total. The maximum Gasteiger partial charge on any atom is 0.303 e. The molecule has 0 aromatic heterocycles. The molecule has 12 heteroatoms. The predicted molar refractivity (Wildman–Crippen MR) is 103 cm³/mol. The fraction of sp³-hybridized carbons (Fsp3) is 0.700. The van der Waals surface area contributed by atoms with Crippen LogP contribution in [0, 0.1) is 5.92 Å². The molecule has 0 heterocycles. The molecule has 1 rings (SSSR count). The molecule has 0 amide bonds. The van der Waals surface area contributed by atoms with Crippen LogP contribution in [0.2, 0.25) is 0 Å². The van der Waals surface area contributed by atoms with Gasteiger partial charge in [-0.15, -0.1) is 0 Å². The van der Waals surface area contributed by atoms with Crippen LogP contribution in [0.3, 0.4) is 0 Å². The Labute approximate surface area is 184 Å². The van der Waals surface area contributed by atoms with E-state index >= 15 is 0 Å². The maximum atomic E-state index is 12.1. The van der Waals surface area contributed by atoms with Crippen LogP contribution in [0.4, 0.5) is 0 Å². The van der Waals surface area contributed by atoms with E-state index in [1.807, 2.05) is 0 Å². The van der Waals surface area contributed by atoms with Gasteiger partial charge in [0, 0.05) is 47.5 Å². The van der Waals surface area contributed by atoms with E-state index in [1.165, 1.54) is 0 Å². The van der Waals surface area contributed by atoms with Gasteiger partial charge in [-0.2, -0.15) is 0 Å². The van der Waals surface area contributed by atoms with Gasteiger partial charge in [-0.1, -0.05) is 0 Å². The van der Waals surface area contributed by atoms with Crippen LogP contribution in [0.25, 0.3) is 0 Å². The average Bonchev–Trinajstić information content (AvgIpc) is 2.62. The first-order valence-corrected chi connectivity index (χ1v) is 9.76. The van der Waals surface area contributed by atoms with Crippen molar-refractivity contribution in [2.45, 2.75) is 71.9 Å². The summed E-state index contributed by atoms with van der Waals surface area (Å²) in [4.78, 5) is 70.5. The van der Waals surface area contributed by atoms with Gasteiger partial charge in [0.2, 0.25) is 0 Å². The van der Waals surface area contributed by atoms with Crippen molar-refractivity contribution in [3.63, 3.8) is 0 Å². The predicted octanol–water partition coefficient (Wildman–Crippen LogP) is 0.230. The lowest BCUT2D eigenvalue weighted by Crippen LogP contribution is -2.69. The zero-order valence-corrected chi connectivity index (χ0v) is 18.8. The molecule has 0 aliphatic heterocycles. The normalized spacial score (nSPS) is 26.8. The molecular formula is C20H28O12. The molecule has 0 radical (unpaired) electrons. The monoisotopic (exact) mass is 460 g/mol. The third kappa shape index (κ3) is 7.50. The van der Waals surface area contributed by atoms with Gasteiger partial charge in [-0.25, -0.2) is 0 Å². The van der Waals surface area contributed by atoms with Gasteiger partial charge >= 0.3 is 35.8 Å². The third-order valence-electron chi connectivity index (χ3n) is 4.59. The number of esters is 6. The lowest BCUT2D eigenvalue weighted by molar-refractivity contribution is -0.261. The minimum Gasteiger partial charge on any atom is -0.465 e. The summed E-state index contributed by atoms with van der Waals surface area (Å²) in [6.07, 6.45) is -4.27. The van der Waals surface area contributed by atoms with Crippen LogP contribution < -0.4 is 0 Å². The van der Waals surface area contributed by atoms with E-state index in [2.05, 4.69) is 0 Å². The molecule has 1 aliphatic rings. The number of ether oxygens (including phenoxy) is 6. The van der Waals surface area contributed by atoms with Crippen LogP contribution in [-0.2, 0) is 57.2 Å². The summed E-state index contributed by atoms with van der Waals surface area (Å²) < 4.78 is 31.7. The fourth-order valence-corrected chi connectivity index (χ4v) is 3.60. The lowest BCUT2D eigenvalue weighted by Gasteiger charge is -2.51. The molecule has 0 saturated heterocycles. The molecule has 1 aliphatic carbocycles. The first kappa shape index (κ1) is 26.9. The Bertz CT molecular complexity index is 760. The van der Waals surface area contributed by atoms with Gasteiger partial charge in [0.25, 0.3) is 0 Å². The van der Waals surface area contributed by atoms with Crippen molar-refractivity contribution in [1.82, 2.24) is 0 Å². The van der Waals surface area contributed by atoms with Crippen molar-refractivity contribution in [3.8, 4) is 0 Å². The summed E-state index contributed by atoms with van der Waals surface area (Å²) in [6.45, 7) is 5.62. The zero-order valence-electron chi connectivity index (χ0n) is 18.8. The Kier molecular flexibility index (Phi) is 9.60. The molecule has 180 valence electrons. The summed E-state index contributed by atoms with van der Waals surface area (Å²) in [5.41, 5.74) is -1.92. The number of hydrogen-bond acceptors (Lipinski definition) is 12. The second-order valence-electron chi connectivity index (χ2n) is 7.32. The SMILES string of the molecule is CC(=O)OC[C@@H]1C[C@H](OC(C)=O)[C@@H](OC(C)=O)[C@@H](OC(C)=O)[C@]1(COC(C)=O)OC(C)=O. The highest BCUT2D eigenvalue weighted by Gasteiger charge is 2.63. The summed E-state index contributed by atoms with van der Waals surface area (Å²) in [5, 5.41) is 0. The zero-order chi connectivity index (χ0) is 24.6. The highest BCUT2D eigenvalue weighted by molar-refractivity contribution is 5.70.